The first-order chi connectivity index (χ1) is 20.0. The van der Waals surface area contributed by atoms with Crippen molar-refractivity contribution >= 4 is 35.1 Å². The maximum absolute atomic E-state index is 14.3. The molecule has 226 valence electrons. The lowest BCUT2D eigenvalue weighted by atomic mass is 9.94. The largest absolute Gasteiger partial charge is 0.493 e. The SMILES string of the molecule is COc1ccc([C@@H]2O[C@@H](CC(=O)N3CCCC(C(=O)O)C3)C(=O)N(CC(C)(C)C)c3ccc(Cl)cc32)c2c1OCCO2. The Kier molecular flexibility index (Phi) is 8.57. The van der Waals surface area contributed by atoms with Gasteiger partial charge in [-0.15, -0.1) is 0 Å². The number of carboxylic acids is 1. The van der Waals surface area contributed by atoms with Gasteiger partial charge in [0.15, 0.2) is 11.5 Å². The summed E-state index contributed by atoms with van der Waals surface area (Å²) < 4.78 is 24.1. The molecule has 0 spiro atoms. The van der Waals surface area contributed by atoms with E-state index in [1.54, 1.807) is 36.3 Å². The standard InChI is InChI=1S/C31H37ClN2O8/c1-31(2,3)17-34-22-9-7-19(32)14-21(22)26(20-8-10-23(39-4)28-27(20)40-12-13-41-28)42-24(29(34)36)15-25(35)33-11-5-6-18(16-33)30(37)38/h7-10,14,18,24,26H,5-6,11-13,15-17H2,1-4H3,(H,37,38)/t18?,24-,26-/m0/s1. The molecule has 2 aromatic carbocycles. The van der Waals surface area contributed by atoms with Gasteiger partial charge in [0.1, 0.15) is 25.4 Å². The third kappa shape index (κ3) is 6.15. The summed E-state index contributed by atoms with van der Waals surface area (Å²) in [5.74, 6) is -0.847. The van der Waals surface area contributed by atoms with Crippen LogP contribution in [-0.2, 0) is 19.1 Å². The van der Waals surface area contributed by atoms with Crippen molar-refractivity contribution in [3.63, 3.8) is 0 Å². The zero-order chi connectivity index (χ0) is 30.2. The number of halogens is 1. The predicted molar refractivity (Wildman–Crippen MR) is 156 cm³/mol. The summed E-state index contributed by atoms with van der Waals surface area (Å²) in [5.41, 5.74) is 1.62. The number of ether oxygens (including phenoxy) is 4. The van der Waals surface area contributed by atoms with Crippen LogP contribution in [0.5, 0.6) is 17.2 Å². The van der Waals surface area contributed by atoms with Crippen LogP contribution >= 0.6 is 11.6 Å². The molecule has 0 bridgehead atoms. The third-order valence-corrected chi connectivity index (χ3v) is 7.94. The summed E-state index contributed by atoms with van der Waals surface area (Å²) in [6.45, 7) is 7.68. The van der Waals surface area contributed by atoms with Crippen LogP contribution in [0.25, 0.3) is 0 Å². The number of carbonyl (C=O) groups is 3. The molecule has 1 saturated heterocycles. The Bertz CT molecular complexity index is 1370. The molecule has 10 nitrogen and oxygen atoms in total. The van der Waals surface area contributed by atoms with Gasteiger partial charge in [-0.1, -0.05) is 32.4 Å². The number of benzene rings is 2. The lowest BCUT2D eigenvalue weighted by Crippen LogP contribution is -2.47. The van der Waals surface area contributed by atoms with E-state index < -0.39 is 24.1 Å². The Balaban J connectivity index is 1.59. The van der Waals surface area contributed by atoms with Gasteiger partial charge in [-0.3, -0.25) is 14.4 Å². The van der Waals surface area contributed by atoms with Crippen LogP contribution in [0, 0.1) is 11.3 Å². The van der Waals surface area contributed by atoms with Gasteiger partial charge in [-0.2, -0.15) is 0 Å². The van der Waals surface area contributed by atoms with Crippen LogP contribution in [-0.4, -0.2) is 73.9 Å². The number of hydrogen-bond donors (Lipinski definition) is 1. The van der Waals surface area contributed by atoms with Crippen molar-refractivity contribution in [2.75, 3.05) is 44.9 Å². The van der Waals surface area contributed by atoms with Gasteiger partial charge in [0.2, 0.25) is 11.7 Å². The number of methoxy groups -OCH3 is 1. The number of carboxylic acid groups (broad SMARTS) is 1. The molecule has 2 amide bonds. The number of amides is 2. The molecule has 1 unspecified atom stereocenters. The number of piperidine rings is 1. The van der Waals surface area contributed by atoms with Gasteiger partial charge in [0, 0.05) is 41.5 Å². The summed E-state index contributed by atoms with van der Waals surface area (Å²) in [6, 6.07) is 8.88. The molecule has 3 aliphatic rings. The van der Waals surface area contributed by atoms with E-state index in [-0.39, 0.29) is 30.2 Å². The van der Waals surface area contributed by atoms with Gasteiger partial charge >= 0.3 is 5.97 Å². The number of nitrogens with zero attached hydrogens (tertiary/aromatic N) is 2. The normalized spacial score (nSPS) is 22.3. The molecule has 0 radical (unpaired) electrons. The maximum Gasteiger partial charge on any atom is 0.308 e. The maximum atomic E-state index is 14.3. The number of hydrogen-bond acceptors (Lipinski definition) is 7. The minimum atomic E-state index is -1.15. The number of aliphatic carboxylic acids is 1. The fraction of sp³-hybridized carbons (Fsp3) is 0.516. The van der Waals surface area contributed by atoms with Crippen LogP contribution in [0.2, 0.25) is 5.02 Å². The average molecular weight is 601 g/mol. The van der Waals surface area contributed by atoms with Crippen LogP contribution < -0.4 is 19.1 Å². The highest BCUT2D eigenvalue weighted by atomic mass is 35.5. The Labute approximate surface area is 250 Å². The van der Waals surface area contributed by atoms with Gasteiger partial charge < -0.3 is 33.9 Å². The van der Waals surface area contributed by atoms with E-state index in [1.807, 2.05) is 26.8 Å². The van der Waals surface area contributed by atoms with E-state index >= 15 is 0 Å². The molecule has 0 aliphatic carbocycles. The van der Waals surface area contributed by atoms with Crippen molar-refractivity contribution in [2.24, 2.45) is 11.3 Å². The summed E-state index contributed by atoms with van der Waals surface area (Å²) in [4.78, 5) is 42.7. The minimum Gasteiger partial charge on any atom is -0.493 e. The highest BCUT2D eigenvalue weighted by Gasteiger charge is 2.42. The second kappa shape index (κ2) is 12.0. The molecule has 42 heavy (non-hydrogen) atoms. The van der Waals surface area contributed by atoms with E-state index in [2.05, 4.69) is 0 Å². The molecule has 5 rings (SSSR count). The molecule has 0 aromatic heterocycles. The average Bonchev–Trinajstić information content (AvgIpc) is 3.06. The fourth-order valence-electron chi connectivity index (χ4n) is 5.78. The van der Waals surface area contributed by atoms with Gasteiger partial charge in [0.05, 0.1) is 19.4 Å². The molecule has 3 atom stereocenters. The quantitative estimate of drug-likeness (QED) is 0.507. The summed E-state index contributed by atoms with van der Waals surface area (Å²) in [5, 5.41) is 10.00. The number of carbonyl (C=O) groups excluding carboxylic acids is 2. The molecule has 11 heteroatoms. The topological polar surface area (TPSA) is 115 Å². The van der Waals surface area contributed by atoms with Crippen molar-refractivity contribution in [3.8, 4) is 17.2 Å². The van der Waals surface area contributed by atoms with Crippen molar-refractivity contribution in [1.29, 1.82) is 0 Å². The van der Waals surface area contributed by atoms with Crippen LogP contribution in [0.3, 0.4) is 0 Å². The van der Waals surface area contributed by atoms with Gasteiger partial charge in [-0.25, -0.2) is 0 Å². The van der Waals surface area contributed by atoms with Crippen molar-refractivity contribution in [1.82, 2.24) is 4.90 Å². The van der Waals surface area contributed by atoms with E-state index in [0.717, 1.165) is 0 Å². The van der Waals surface area contributed by atoms with Gasteiger partial charge in [-0.05, 0) is 48.6 Å². The second-order valence-corrected chi connectivity index (χ2v) is 12.6. The highest BCUT2D eigenvalue weighted by molar-refractivity contribution is 6.30. The van der Waals surface area contributed by atoms with Crippen LogP contribution in [0.1, 0.15) is 57.3 Å². The third-order valence-electron chi connectivity index (χ3n) is 7.71. The van der Waals surface area contributed by atoms with Crippen molar-refractivity contribution in [3.05, 3.63) is 46.5 Å². The van der Waals surface area contributed by atoms with Crippen LogP contribution in [0.15, 0.2) is 30.3 Å². The Morgan fingerprint density at radius 1 is 1.10 bits per heavy atom. The molecule has 1 N–H and O–H groups in total. The molecule has 1 fully saturated rings. The first-order valence-corrected chi connectivity index (χ1v) is 14.6. The number of likely N-dealkylation sites (tertiary alicyclic amines) is 1. The van der Waals surface area contributed by atoms with E-state index in [1.165, 1.54) is 4.90 Å². The number of fused-ring (bicyclic) bond motifs is 2. The highest BCUT2D eigenvalue weighted by Crippen LogP contribution is 2.49. The van der Waals surface area contributed by atoms with Crippen molar-refractivity contribution in [2.45, 2.75) is 52.2 Å². The first-order valence-electron chi connectivity index (χ1n) is 14.2. The zero-order valence-corrected chi connectivity index (χ0v) is 25.1. The summed E-state index contributed by atoms with van der Waals surface area (Å²) >= 11 is 6.51. The second-order valence-electron chi connectivity index (χ2n) is 12.1. The predicted octanol–water partition coefficient (Wildman–Crippen LogP) is 4.70. The van der Waals surface area contributed by atoms with Crippen molar-refractivity contribution < 1.29 is 38.4 Å². The van der Waals surface area contributed by atoms with E-state index in [4.69, 9.17) is 30.5 Å². The Morgan fingerprint density at radius 2 is 1.83 bits per heavy atom. The Morgan fingerprint density at radius 3 is 2.52 bits per heavy atom. The molecular formula is C31H37ClN2O8. The molecule has 2 aromatic rings. The molecular weight excluding hydrogens is 564 g/mol. The summed E-state index contributed by atoms with van der Waals surface area (Å²) in [6.07, 6.45) is -1.12. The minimum absolute atomic E-state index is 0.108. The Hall–Kier alpha value is -3.50. The molecule has 0 saturated carbocycles. The van der Waals surface area contributed by atoms with E-state index in [9.17, 15) is 19.5 Å². The smallest absolute Gasteiger partial charge is 0.308 e. The first kappa shape index (κ1) is 30.0. The zero-order valence-electron chi connectivity index (χ0n) is 24.4. The lowest BCUT2D eigenvalue weighted by Gasteiger charge is -2.33. The monoisotopic (exact) mass is 600 g/mol. The van der Waals surface area contributed by atoms with Gasteiger partial charge in [0.25, 0.3) is 5.91 Å². The number of rotatable bonds is 6. The fourth-order valence-corrected chi connectivity index (χ4v) is 5.96. The lowest BCUT2D eigenvalue weighted by molar-refractivity contribution is -0.148. The molecule has 3 aliphatic heterocycles. The number of anilines is 1. The summed E-state index contributed by atoms with van der Waals surface area (Å²) in [7, 11) is 1.55. The van der Waals surface area contributed by atoms with E-state index in [0.29, 0.717) is 78.2 Å². The molecule has 3 heterocycles. The van der Waals surface area contributed by atoms with Crippen LogP contribution in [0.4, 0.5) is 5.69 Å².